The number of thiazole rings is 1. The van der Waals surface area contributed by atoms with Gasteiger partial charge in [-0.2, -0.15) is 0 Å². The van der Waals surface area contributed by atoms with Crippen molar-refractivity contribution < 1.29 is 13.2 Å². The van der Waals surface area contributed by atoms with Gasteiger partial charge < -0.3 is 16.4 Å². The number of rotatable bonds is 7. The summed E-state index contributed by atoms with van der Waals surface area (Å²) in [6, 6.07) is 21.1. The normalized spacial score (nSPS) is 11.4. The Bertz CT molecular complexity index is 1450. The van der Waals surface area contributed by atoms with Crippen molar-refractivity contribution >= 4 is 38.1 Å². The second kappa shape index (κ2) is 9.74. The van der Waals surface area contributed by atoms with E-state index in [0.717, 1.165) is 22.5 Å². The molecule has 1 heterocycles. The minimum Gasteiger partial charge on any atom is -0.375 e. The molecule has 0 spiro atoms. The number of nitrogens with zero attached hydrogens (tertiary/aromatic N) is 1. The summed E-state index contributed by atoms with van der Waals surface area (Å²) >= 11 is 1.12. The van der Waals surface area contributed by atoms with Crippen molar-refractivity contribution in [3.63, 3.8) is 0 Å². The molecule has 0 atom stereocenters. The number of nitrogens with two attached hydrogens (primary N) is 2. The summed E-state index contributed by atoms with van der Waals surface area (Å²) in [7, 11) is -2.01. The van der Waals surface area contributed by atoms with Gasteiger partial charge in [0.15, 0.2) is 5.13 Å². The molecule has 0 aliphatic heterocycles. The molecular weight excluding hydrogens is 470 g/mol. The first-order valence-electron chi connectivity index (χ1n) is 10.3. The predicted molar refractivity (Wildman–Crippen MR) is 136 cm³/mol. The predicted octanol–water partition coefficient (Wildman–Crippen LogP) is 3.68. The molecule has 0 bridgehead atoms. The molecular formula is C24H23N5O3S2. The third-order valence-electron chi connectivity index (χ3n) is 5.08. The van der Waals surface area contributed by atoms with Crippen molar-refractivity contribution in [1.29, 1.82) is 0 Å². The van der Waals surface area contributed by atoms with Crippen LogP contribution in [0.2, 0.25) is 0 Å². The van der Waals surface area contributed by atoms with Gasteiger partial charge in [-0.1, -0.05) is 59.9 Å². The molecule has 4 rings (SSSR count). The van der Waals surface area contributed by atoms with Crippen LogP contribution in [0.5, 0.6) is 0 Å². The molecule has 6 N–H and O–H groups in total. The van der Waals surface area contributed by atoms with Gasteiger partial charge >= 0.3 is 0 Å². The van der Waals surface area contributed by atoms with Gasteiger partial charge in [0.2, 0.25) is 10.0 Å². The van der Waals surface area contributed by atoms with E-state index in [1.807, 2.05) is 31.3 Å². The molecule has 0 radical (unpaired) electrons. The zero-order valence-electron chi connectivity index (χ0n) is 18.3. The molecule has 0 saturated carbocycles. The number of aromatic nitrogens is 1. The molecule has 0 saturated heterocycles. The van der Waals surface area contributed by atoms with E-state index >= 15 is 0 Å². The van der Waals surface area contributed by atoms with Gasteiger partial charge in [0.25, 0.3) is 5.91 Å². The monoisotopic (exact) mass is 493 g/mol. The van der Waals surface area contributed by atoms with E-state index in [-0.39, 0.29) is 10.8 Å². The van der Waals surface area contributed by atoms with Crippen LogP contribution < -0.4 is 21.5 Å². The highest BCUT2D eigenvalue weighted by atomic mass is 32.2. The van der Waals surface area contributed by atoms with E-state index in [1.54, 1.807) is 42.5 Å². The minimum absolute atomic E-state index is 0.0389. The first-order valence-corrected chi connectivity index (χ1v) is 12.7. The van der Waals surface area contributed by atoms with Crippen LogP contribution in [-0.4, -0.2) is 26.4 Å². The maximum absolute atomic E-state index is 13.1. The van der Waals surface area contributed by atoms with E-state index < -0.39 is 10.0 Å². The lowest BCUT2D eigenvalue weighted by Gasteiger charge is -2.10. The number of carbonyl (C=O) groups excluding carboxylic acids is 1. The Morgan fingerprint density at radius 1 is 1.00 bits per heavy atom. The summed E-state index contributed by atoms with van der Waals surface area (Å²) in [4.78, 5) is 17.9. The standard InChI is InChI=1S/C24H23N5O3S2/c1-27-14-15-5-4-6-17(13-15)21-22(33-24(25)29-21)23(30)28-18-11-9-16(10-12-18)19-7-2-3-8-20(19)34(26,31)32/h2-13,27H,14H2,1H3,(H2,25,29)(H,28,30)(H2,26,31,32). The Morgan fingerprint density at radius 2 is 1.74 bits per heavy atom. The van der Waals surface area contributed by atoms with Gasteiger partial charge in [-0.25, -0.2) is 18.5 Å². The summed E-state index contributed by atoms with van der Waals surface area (Å²) in [5.74, 6) is -0.332. The minimum atomic E-state index is -3.87. The second-order valence-electron chi connectivity index (χ2n) is 7.53. The summed E-state index contributed by atoms with van der Waals surface area (Å²) < 4.78 is 23.8. The van der Waals surface area contributed by atoms with Crippen LogP contribution in [-0.2, 0) is 16.6 Å². The fourth-order valence-electron chi connectivity index (χ4n) is 3.59. The molecule has 10 heteroatoms. The Morgan fingerprint density at radius 3 is 2.44 bits per heavy atom. The van der Waals surface area contributed by atoms with Gasteiger partial charge in [-0.05, 0) is 42.4 Å². The van der Waals surface area contributed by atoms with Gasteiger partial charge in [-0.3, -0.25) is 4.79 Å². The van der Waals surface area contributed by atoms with Crippen LogP contribution in [0.4, 0.5) is 10.8 Å². The number of primary sulfonamides is 1. The maximum Gasteiger partial charge on any atom is 0.268 e. The number of anilines is 2. The van der Waals surface area contributed by atoms with Gasteiger partial charge in [-0.15, -0.1) is 0 Å². The molecule has 0 aliphatic rings. The molecule has 4 aromatic rings. The van der Waals surface area contributed by atoms with Crippen molar-refractivity contribution in [3.05, 3.63) is 83.2 Å². The second-order valence-corrected chi connectivity index (χ2v) is 10.1. The third-order valence-corrected chi connectivity index (χ3v) is 6.93. The molecule has 0 aliphatic carbocycles. The highest BCUT2D eigenvalue weighted by molar-refractivity contribution is 7.89. The van der Waals surface area contributed by atoms with Crippen LogP contribution in [0.25, 0.3) is 22.4 Å². The Labute approximate surface area is 201 Å². The van der Waals surface area contributed by atoms with E-state index in [9.17, 15) is 13.2 Å². The average molecular weight is 494 g/mol. The Kier molecular flexibility index (Phi) is 6.75. The highest BCUT2D eigenvalue weighted by Crippen LogP contribution is 2.32. The number of carbonyl (C=O) groups is 1. The third kappa shape index (κ3) is 5.15. The van der Waals surface area contributed by atoms with Crippen molar-refractivity contribution in [3.8, 4) is 22.4 Å². The van der Waals surface area contributed by atoms with Crippen molar-refractivity contribution in [2.24, 2.45) is 5.14 Å². The first kappa shape index (κ1) is 23.6. The smallest absolute Gasteiger partial charge is 0.268 e. The van der Waals surface area contributed by atoms with Gasteiger partial charge in [0.05, 0.1) is 10.6 Å². The molecule has 0 fully saturated rings. The van der Waals surface area contributed by atoms with E-state index in [2.05, 4.69) is 15.6 Å². The molecule has 0 unspecified atom stereocenters. The lowest BCUT2D eigenvalue weighted by molar-refractivity contribution is 0.103. The topological polar surface area (TPSA) is 140 Å². The average Bonchev–Trinajstić information content (AvgIpc) is 3.21. The van der Waals surface area contributed by atoms with Crippen molar-refractivity contribution in [1.82, 2.24) is 10.3 Å². The maximum atomic E-state index is 13.1. The molecule has 1 amide bonds. The number of benzene rings is 3. The molecule has 1 aromatic heterocycles. The van der Waals surface area contributed by atoms with Crippen molar-refractivity contribution in [2.45, 2.75) is 11.4 Å². The summed E-state index contributed by atoms with van der Waals surface area (Å²) in [6.07, 6.45) is 0. The summed E-state index contributed by atoms with van der Waals surface area (Å²) in [5.41, 5.74) is 10.0. The van der Waals surface area contributed by atoms with Crippen LogP contribution in [0.1, 0.15) is 15.2 Å². The summed E-state index contributed by atoms with van der Waals surface area (Å²) in [6.45, 7) is 0.690. The zero-order valence-corrected chi connectivity index (χ0v) is 19.9. The molecule has 3 aromatic carbocycles. The number of nitrogen functional groups attached to an aromatic ring is 1. The molecule has 8 nitrogen and oxygen atoms in total. The zero-order chi connectivity index (χ0) is 24.3. The number of hydrogen-bond donors (Lipinski definition) is 4. The van der Waals surface area contributed by atoms with Crippen molar-refractivity contribution in [2.75, 3.05) is 18.1 Å². The fourth-order valence-corrected chi connectivity index (χ4v) is 5.10. The SMILES string of the molecule is CNCc1cccc(-c2nc(N)sc2C(=O)Nc2ccc(-c3ccccc3S(N)(=O)=O)cc2)c1. The van der Waals surface area contributed by atoms with Crippen LogP contribution in [0, 0.1) is 0 Å². The highest BCUT2D eigenvalue weighted by Gasteiger charge is 2.20. The first-order chi connectivity index (χ1) is 16.3. The van der Waals surface area contributed by atoms with Crippen LogP contribution in [0.3, 0.4) is 0 Å². The number of sulfonamides is 1. The van der Waals surface area contributed by atoms with Gasteiger partial charge in [0, 0.05) is 23.4 Å². The quantitative estimate of drug-likeness (QED) is 0.310. The largest absolute Gasteiger partial charge is 0.375 e. The van der Waals surface area contributed by atoms with Crippen LogP contribution >= 0.6 is 11.3 Å². The van der Waals surface area contributed by atoms with E-state index in [1.165, 1.54) is 6.07 Å². The molecule has 34 heavy (non-hydrogen) atoms. The van der Waals surface area contributed by atoms with Crippen LogP contribution in [0.15, 0.2) is 77.7 Å². The lowest BCUT2D eigenvalue weighted by atomic mass is 10.1. The number of hydrogen-bond acceptors (Lipinski definition) is 7. The van der Waals surface area contributed by atoms with Gasteiger partial charge in [0.1, 0.15) is 4.88 Å². The van der Waals surface area contributed by atoms with E-state index in [4.69, 9.17) is 10.9 Å². The lowest BCUT2D eigenvalue weighted by Crippen LogP contribution is -2.13. The Balaban J connectivity index is 1.59. The van der Waals surface area contributed by atoms with E-state index in [0.29, 0.717) is 39.1 Å². The summed E-state index contributed by atoms with van der Waals surface area (Å²) in [5, 5.41) is 11.6. The number of nitrogens with one attached hydrogen (secondary N) is 2. The molecule has 174 valence electrons. The Hall–Kier alpha value is -3.57. The fraction of sp³-hybridized carbons (Fsp3) is 0.0833. The number of amides is 1.